The third-order valence-corrected chi connectivity index (χ3v) is 3.99. The Hall–Kier alpha value is -1.26. The van der Waals surface area contributed by atoms with Gasteiger partial charge in [0.15, 0.2) is 0 Å². The summed E-state index contributed by atoms with van der Waals surface area (Å²) in [6.45, 7) is 7.01. The summed E-state index contributed by atoms with van der Waals surface area (Å²) in [5.41, 5.74) is 0.953. The van der Waals surface area contributed by atoms with Crippen molar-refractivity contribution in [3.63, 3.8) is 0 Å². The highest BCUT2D eigenvalue weighted by atomic mass is 35.5. The van der Waals surface area contributed by atoms with Crippen LogP contribution in [0.25, 0.3) is 0 Å². The molecule has 0 aromatic heterocycles. The number of piperazine rings is 1. The van der Waals surface area contributed by atoms with Gasteiger partial charge in [-0.15, -0.1) is 0 Å². The first-order valence-electron chi connectivity index (χ1n) is 7.57. The van der Waals surface area contributed by atoms with Crippen LogP contribution in [-0.2, 0) is 11.3 Å². The molecular formula is C16H23ClN2O2. The molecule has 1 aliphatic rings. The van der Waals surface area contributed by atoms with Crippen LogP contribution >= 0.6 is 11.6 Å². The Morgan fingerprint density at radius 1 is 1.19 bits per heavy atom. The van der Waals surface area contributed by atoms with E-state index in [2.05, 4.69) is 11.8 Å². The van der Waals surface area contributed by atoms with Crippen LogP contribution in [-0.4, -0.2) is 48.6 Å². The van der Waals surface area contributed by atoms with E-state index in [1.807, 2.05) is 12.1 Å². The lowest BCUT2D eigenvalue weighted by Gasteiger charge is -2.34. The van der Waals surface area contributed by atoms with Gasteiger partial charge >= 0.3 is 6.09 Å². The number of unbranched alkanes of at least 4 members (excludes halogenated alkanes) is 1. The number of amides is 1. The van der Waals surface area contributed by atoms with Gasteiger partial charge in [-0.05, 0) is 30.7 Å². The number of halogens is 1. The third-order valence-electron chi connectivity index (χ3n) is 3.73. The first kappa shape index (κ1) is 16.1. The van der Waals surface area contributed by atoms with Gasteiger partial charge in [0.05, 0.1) is 0 Å². The molecule has 4 nitrogen and oxygen atoms in total. The highest BCUT2D eigenvalue weighted by molar-refractivity contribution is 6.30. The summed E-state index contributed by atoms with van der Waals surface area (Å²) < 4.78 is 5.35. The SMILES string of the molecule is CCCCN1CCN(C(=O)OCc2ccc(Cl)cc2)CC1. The molecule has 0 bridgehead atoms. The molecule has 0 N–H and O–H groups in total. The van der Waals surface area contributed by atoms with Crippen molar-refractivity contribution in [1.29, 1.82) is 0 Å². The summed E-state index contributed by atoms with van der Waals surface area (Å²) >= 11 is 5.83. The number of carbonyl (C=O) groups is 1. The zero-order valence-corrected chi connectivity index (χ0v) is 13.3. The zero-order valence-electron chi connectivity index (χ0n) is 12.6. The minimum Gasteiger partial charge on any atom is -0.445 e. The van der Waals surface area contributed by atoms with Gasteiger partial charge < -0.3 is 9.64 Å². The molecule has 0 radical (unpaired) electrons. The Morgan fingerprint density at radius 2 is 1.86 bits per heavy atom. The van der Waals surface area contributed by atoms with E-state index in [0.29, 0.717) is 11.6 Å². The molecule has 1 aromatic carbocycles. The van der Waals surface area contributed by atoms with Crippen LogP contribution in [0.2, 0.25) is 5.02 Å². The lowest BCUT2D eigenvalue weighted by atomic mass is 10.2. The van der Waals surface area contributed by atoms with Gasteiger partial charge in [0.2, 0.25) is 0 Å². The van der Waals surface area contributed by atoms with Crippen molar-refractivity contribution >= 4 is 17.7 Å². The molecule has 1 amide bonds. The Labute approximate surface area is 131 Å². The van der Waals surface area contributed by atoms with Crippen molar-refractivity contribution < 1.29 is 9.53 Å². The molecule has 1 aliphatic heterocycles. The fourth-order valence-corrected chi connectivity index (χ4v) is 2.48. The normalized spacial score (nSPS) is 16.0. The largest absolute Gasteiger partial charge is 0.445 e. The maximum atomic E-state index is 12.0. The van der Waals surface area contributed by atoms with E-state index in [4.69, 9.17) is 16.3 Å². The van der Waals surface area contributed by atoms with Gasteiger partial charge in [0.25, 0.3) is 0 Å². The molecule has 0 saturated carbocycles. The predicted molar refractivity (Wildman–Crippen MR) is 84.6 cm³/mol. The van der Waals surface area contributed by atoms with Gasteiger partial charge in [0, 0.05) is 31.2 Å². The minimum atomic E-state index is -0.222. The van der Waals surface area contributed by atoms with Gasteiger partial charge in [-0.2, -0.15) is 0 Å². The van der Waals surface area contributed by atoms with E-state index in [0.717, 1.165) is 38.3 Å². The molecule has 21 heavy (non-hydrogen) atoms. The van der Waals surface area contributed by atoms with Crippen molar-refractivity contribution in [3.8, 4) is 0 Å². The highest BCUT2D eigenvalue weighted by Gasteiger charge is 2.21. The second kappa shape index (κ2) is 8.25. The predicted octanol–water partition coefficient (Wildman–Crippen LogP) is 3.39. The Bertz CT molecular complexity index is 442. The molecule has 0 spiro atoms. The number of hydrogen-bond donors (Lipinski definition) is 0. The number of ether oxygens (including phenoxy) is 1. The fraction of sp³-hybridized carbons (Fsp3) is 0.562. The van der Waals surface area contributed by atoms with E-state index >= 15 is 0 Å². The molecular weight excluding hydrogens is 288 g/mol. The Balaban J connectivity index is 1.71. The topological polar surface area (TPSA) is 32.8 Å². The van der Waals surface area contributed by atoms with Crippen LogP contribution in [0.4, 0.5) is 4.79 Å². The van der Waals surface area contributed by atoms with Crippen molar-refractivity contribution in [3.05, 3.63) is 34.9 Å². The van der Waals surface area contributed by atoms with E-state index in [9.17, 15) is 4.79 Å². The first-order chi connectivity index (χ1) is 10.2. The van der Waals surface area contributed by atoms with Crippen LogP contribution in [0.3, 0.4) is 0 Å². The Morgan fingerprint density at radius 3 is 2.48 bits per heavy atom. The quantitative estimate of drug-likeness (QED) is 0.835. The summed E-state index contributed by atoms with van der Waals surface area (Å²) in [5, 5.41) is 0.688. The van der Waals surface area contributed by atoms with Crippen LogP contribution < -0.4 is 0 Å². The second-order valence-electron chi connectivity index (χ2n) is 5.36. The van der Waals surface area contributed by atoms with Crippen molar-refractivity contribution in [1.82, 2.24) is 9.80 Å². The molecule has 1 saturated heterocycles. The fourth-order valence-electron chi connectivity index (χ4n) is 2.35. The highest BCUT2D eigenvalue weighted by Crippen LogP contribution is 2.11. The average molecular weight is 311 g/mol. The molecule has 0 aliphatic carbocycles. The average Bonchev–Trinajstić information content (AvgIpc) is 2.52. The van der Waals surface area contributed by atoms with Crippen molar-refractivity contribution in [2.75, 3.05) is 32.7 Å². The van der Waals surface area contributed by atoms with E-state index in [-0.39, 0.29) is 6.09 Å². The standard InChI is InChI=1S/C16H23ClN2O2/c1-2-3-8-18-9-11-19(12-10-18)16(20)21-13-14-4-6-15(17)7-5-14/h4-7H,2-3,8-13H2,1H3. The summed E-state index contributed by atoms with van der Waals surface area (Å²) in [4.78, 5) is 16.2. The first-order valence-corrected chi connectivity index (χ1v) is 7.95. The molecule has 0 unspecified atom stereocenters. The molecule has 116 valence electrons. The van der Waals surface area contributed by atoms with E-state index in [1.165, 1.54) is 12.8 Å². The maximum Gasteiger partial charge on any atom is 0.410 e. The summed E-state index contributed by atoms with van der Waals surface area (Å²) in [6, 6.07) is 7.35. The molecule has 5 heteroatoms. The zero-order chi connectivity index (χ0) is 15.1. The van der Waals surface area contributed by atoms with Crippen LogP contribution in [0.5, 0.6) is 0 Å². The minimum absolute atomic E-state index is 0.222. The lowest BCUT2D eigenvalue weighted by Crippen LogP contribution is -2.48. The van der Waals surface area contributed by atoms with Gasteiger partial charge in [-0.1, -0.05) is 37.1 Å². The number of hydrogen-bond acceptors (Lipinski definition) is 3. The van der Waals surface area contributed by atoms with Crippen LogP contribution in [0.15, 0.2) is 24.3 Å². The van der Waals surface area contributed by atoms with Gasteiger partial charge in [-0.3, -0.25) is 4.90 Å². The summed E-state index contributed by atoms with van der Waals surface area (Å²) in [6.07, 6.45) is 2.21. The lowest BCUT2D eigenvalue weighted by molar-refractivity contribution is 0.0714. The van der Waals surface area contributed by atoms with Crippen LogP contribution in [0.1, 0.15) is 25.3 Å². The summed E-state index contributed by atoms with van der Waals surface area (Å²) in [5.74, 6) is 0. The smallest absolute Gasteiger partial charge is 0.410 e. The molecule has 2 rings (SSSR count). The number of nitrogens with zero attached hydrogens (tertiary/aromatic N) is 2. The van der Waals surface area contributed by atoms with E-state index in [1.54, 1.807) is 17.0 Å². The molecule has 0 atom stereocenters. The molecule has 1 fully saturated rings. The van der Waals surface area contributed by atoms with Gasteiger partial charge in [0.1, 0.15) is 6.61 Å². The van der Waals surface area contributed by atoms with Gasteiger partial charge in [-0.25, -0.2) is 4.79 Å². The molecule has 1 heterocycles. The number of rotatable bonds is 5. The monoisotopic (exact) mass is 310 g/mol. The second-order valence-corrected chi connectivity index (χ2v) is 5.80. The molecule has 1 aromatic rings. The third kappa shape index (κ3) is 5.21. The summed E-state index contributed by atoms with van der Waals surface area (Å²) in [7, 11) is 0. The number of benzene rings is 1. The van der Waals surface area contributed by atoms with Crippen molar-refractivity contribution in [2.45, 2.75) is 26.4 Å². The maximum absolute atomic E-state index is 12.0. The Kier molecular flexibility index (Phi) is 6.33. The van der Waals surface area contributed by atoms with Crippen LogP contribution in [0, 0.1) is 0 Å². The number of carbonyl (C=O) groups excluding carboxylic acids is 1. The van der Waals surface area contributed by atoms with Crippen molar-refractivity contribution in [2.24, 2.45) is 0 Å². The van der Waals surface area contributed by atoms with E-state index < -0.39 is 0 Å².